The standard InChI is InChI=1S/C9H14N2O3S2/c1-2-16-9(8(13)14)3-11-6(12)5(10)7(11)15-4-9/h5,7H,2-4,10H2,1H3,(H,13,14)/t5?,7-,9?/m1/s1. The highest BCUT2D eigenvalue weighted by Gasteiger charge is 2.55. The summed E-state index contributed by atoms with van der Waals surface area (Å²) >= 11 is 2.87. The first-order valence-electron chi connectivity index (χ1n) is 5.07. The number of thioether (sulfide) groups is 2. The summed E-state index contributed by atoms with van der Waals surface area (Å²) in [5.41, 5.74) is 5.65. The van der Waals surface area contributed by atoms with Crippen LogP contribution in [0.25, 0.3) is 0 Å². The van der Waals surface area contributed by atoms with Gasteiger partial charge in [0.2, 0.25) is 5.91 Å². The maximum absolute atomic E-state index is 11.5. The van der Waals surface area contributed by atoms with Gasteiger partial charge in [-0.05, 0) is 5.75 Å². The number of carboxylic acid groups (broad SMARTS) is 1. The van der Waals surface area contributed by atoms with Gasteiger partial charge in [0.05, 0.1) is 0 Å². The van der Waals surface area contributed by atoms with Gasteiger partial charge in [0, 0.05) is 12.3 Å². The third-order valence-electron chi connectivity index (χ3n) is 2.91. The van der Waals surface area contributed by atoms with Gasteiger partial charge in [-0.2, -0.15) is 0 Å². The van der Waals surface area contributed by atoms with Crippen LogP contribution in [0.4, 0.5) is 0 Å². The van der Waals surface area contributed by atoms with E-state index in [0.29, 0.717) is 5.75 Å². The molecule has 2 heterocycles. The molecular weight excluding hydrogens is 248 g/mol. The minimum absolute atomic E-state index is 0.0163. The molecule has 2 saturated heterocycles. The Morgan fingerprint density at radius 3 is 3.06 bits per heavy atom. The molecule has 0 aromatic rings. The Balaban J connectivity index is 2.14. The molecule has 0 aromatic heterocycles. The smallest absolute Gasteiger partial charge is 0.322 e. The molecule has 16 heavy (non-hydrogen) atoms. The van der Waals surface area contributed by atoms with Crippen LogP contribution in [0.15, 0.2) is 0 Å². The third kappa shape index (κ3) is 1.61. The molecule has 7 heteroatoms. The third-order valence-corrected chi connectivity index (χ3v) is 5.93. The zero-order valence-corrected chi connectivity index (χ0v) is 10.5. The van der Waals surface area contributed by atoms with E-state index in [2.05, 4.69) is 0 Å². The average Bonchev–Trinajstić information content (AvgIpc) is 2.28. The molecule has 0 saturated carbocycles. The number of β-lactam (4-membered cyclic amide) rings is 1. The maximum Gasteiger partial charge on any atom is 0.322 e. The molecule has 2 rings (SSSR count). The Hall–Kier alpha value is -0.400. The summed E-state index contributed by atoms with van der Waals surface area (Å²) in [5, 5.41) is 9.28. The molecule has 90 valence electrons. The van der Waals surface area contributed by atoms with E-state index >= 15 is 0 Å². The Morgan fingerprint density at radius 2 is 2.50 bits per heavy atom. The lowest BCUT2D eigenvalue weighted by Gasteiger charge is -2.52. The Kier molecular flexibility index (Phi) is 3.11. The molecule has 2 fully saturated rings. The first-order valence-corrected chi connectivity index (χ1v) is 7.10. The number of carbonyl (C=O) groups excluding carboxylic acids is 1. The molecule has 3 N–H and O–H groups in total. The number of hydrogen-bond acceptors (Lipinski definition) is 5. The highest BCUT2D eigenvalue weighted by Crippen LogP contribution is 2.43. The molecule has 0 radical (unpaired) electrons. The van der Waals surface area contributed by atoms with Crippen molar-refractivity contribution >= 4 is 35.4 Å². The summed E-state index contributed by atoms with van der Waals surface area (Å²) in [6, 6.07) is -0.441. The second kappa shape index (κ2) is 4.12. The van der Waals surface area contributed by atoms with Gasteiger partial charge in [-0.3, -0.25) is 9.59 Å². The molecule has 2 aliphatic heterocycles. The molecular formula is C9H14N2O3S2. The zero-order chi connectivity index (χ0) is 11.9. The van der Waals surface area contributed by atoms with Crippen molar-refractivity contribution in [3.63, 3.8) is 0 Å². The van der Waals surface area contributed by atoms with Crippen molar-refractivity contribution in [3.05, 3.63) is 0 Å². The van der Waals surface area contributed by atoms with Crippen LogP contribution in [0.5, 0.6) is 0 Å². The largest absolute Gasteiger partial charge is 0.480 e. The van der Waals surface area contributed by atoms with Gasteiger partial charge in [-0.1, -0.05) is 6.92 Å². The molecule has 2 aliphatic rings. The topological polar surface area (TPSA) is 83.6 Å². The molecule has 5 nitrogen and oxygen atoms in total. The lowest BCUT2D eigenvalue weighted by Crippen LogP contribution is -2.73. The number of hydrogen-bond donors (Lipinski definition) is 2. The number of fused-ring (bicyclic) bond motifs is 1. The van der Waals surface area contributed by atoms with Crippen LogP contribution < -0.4 is 5.73 Å². The van der Waals surface area contributed by atoms with Crippen molar-refractivity contribution < 1.29 is 14.7 Å². The first kappa shape index (κ1) is 12.1. The SMILES string of the molecule is CCSC1(C(=O)O)CS[C@@H]2C(N)C(=O)N2C1. The van der Waals surface area contributed by atoms with Crippen molar-refractivity contribution in [2.75, 3.05) is 18.1 Å². The summed E-state index contributed by atoms with van der Waals surface area (Å²) in [7, 11) is 0. The number of nitrogens with zero attached hydrogens (tertiary/aromatic N) is 1. The maximum atomic E-state index is 11.5. The highest BCUT2D eigenvalue weighted by molar-refractivity contribution is 8.05. The van der Waals surface area contributed by atoms with Crippen LogP contribution in [0.2, 0.25) is 0 Å². The number of amides is 1. The summed E-state index contributed by atoms with van der Waals surface area (Å²) in [6.07, 6.45) is 0. The Morgan fingerprint density at radius 1 is 1.81 bits per heavy atom. The predicted octanol–water partition coefficient (Wildman–Crippen LogP) is -0.195. The summed E-state index contributed by atoms with van der Waals surface area (Å²) in [6.45, 7) is 2.21. The monoisotopic (exact) mass is 262 g/mol. The molecule has 0 bridgehead atoms. The molecule has 2 unspecified atom stereocenters. The van der Waals surface area contributed by atoms with E-state index in [9.17, 15) is 14.7 Å². The normalized spacial score (nSPS) is 37.9. The van der Waals surface area contributed by atoms with E-state index in [-0.39, 0.29) is 17.8 Å². The van der Waals surface area contributed by atoms with Gasteiger partial charge in [-0.25, -0.2) is 0 Å². The average molecular weight is 262 g/mol. The molecule has 1 amide bonds. The van der Waals surface area contributed by atoms with E-state index in [1.54, 1.807) is 4.90 Å². The van der Waals surface area contributed by atoms with Crippen LogP contribution in [0.1, 0.15) is 6.92 Å². The molecule has 3 atom stereocenters. The van der Waals surface area contributed by atoms with Gasteiger partial charge in [0.25, 0.3) is 0 Å². The van der Waals surface area contributed by atoms with Crippen LogP contribution >= 0.6 is 23.5 Å². The van der Waals surface area contributed by atoms with Crippen LogP contribution in [0.3, 0.4) is 0 Å². The minimum atomic E-state index is -0.855. The quantitative estimate of drug-likeness (QED) is 0.686. The lowest BCUT2D eigenvalue weighted by molar-refractivity contribution is -0.148. The van der Waals surface area contributed by atoms with Crippen molar-refractivity contribution in [1.82, 2.24) is 4.90 Å². The van der Waals surface area contributed by atoms with E-state index in [1.165, 1.54) is 23.5 Å². The molecule has 0 aromatic carbocycles. The van der Waals surface area contributed by atoms with E-state index in [1.807, 2.05) is 6.92 Å². The fourth-order valence-electron chi connectivity index (χ4n) is 2.01. The second-order valence-corrected chi connectivity index (χ2v) is 6.68. The summed E-state index contributed by atoms with van der Waals surface area (Å²) in [5.74, 6) is 0.285. The van der Waals surface area contributed by atoms with Crippen molar-refractivity contribution in [2.45, 2.75) is 23.1 Å². The predicted molar refractivity (Wildman–Crippen MR) is 64.4 cm³/mol. The molecule has 0 spiro atoms. The van der Waals surface area contributed by atoms with Gasteiger partial charge in [-0.15, -0.1) is 23.5 Å². The first-order chi connectivity index (χ1) is 7.52. The van der Waals surface area contributed by atoms with Gasteiger partial charge < -0.3 is 15.7 Å². The van der Waals surface area contributed by atoms with Crippen molar-refractivity contribution in [3.8, 4) is 0 Å². The molecule has 0 aliphatic carbocycles. The number of nitrogens with two attached hydrogens (primary N) is 1. The van der Waals surface area contributed by atoms with E-state index in [4.69, 9.17) is 5.73 Å². The van der Waals surface area contributed by atoms with Crippen LogP contribution in [0, 0.1) is 0 Å². The van der Waals surface area contributed by atoms with Crippen molar-refractivity contribution in [1.29, 1.82) is 0 Å². The van der Waals surface area contributed by atoms with Gasteiger partial charge in [0.15, 0.2) is 0 Å². The fourth-order valence-corrected chi connectivity index (χ4v) is 4.79. The minimum Gasteiger partial charge on any atom is -0.480 e. The number of rotatable bonds is 3. The summed E-state index contributed by atoms with van der Waals surface area (Å²) < 4.78 is -0.855. The fraction of sp³-hybridized carbons (Fsp3) is 0.778. The van der Waals surface area contributed by atoms with E-state index < -0.39 is 16.8 Å². The number of carboxylic acids is 1. The Labute approximate surface area is 102 Å². The van der Waals surface area contributed by atoms with Crippen LogP contribution in [-0.4, -0.2) is 56.1 Å². The zero-order valence-electron chi connectivity index (χ0n) is 8.88. The summed E-state index contributed by atoms with van der Waals surface area (Å²) in [4.78, 5) is 24.4. The number of carbonyl (C=O) groups is 2. The highest BCUT2D eigenvalue weighted by atomic mass is 32.2. The lowest BCUT2D eigenvalue weighted by atomic mass is 10.0. The van der Waals surface area contributed by atoms with Crippen LogP contribution in [-0.2, 0) is 9.59 Å². The van der Waals surface area contributed by atoms with E-state index in [0.717, 1.165) is 5.75 Å². The van der Waals surface area contributed by atoms with Gasteiger partial charge >= 0.3 is 5.97 Å². The Bertz CT molecular complexity index is 339. The van der Waals surface area contributed by atoms with Crippen molar-refractivity contribution in [2.24, 2.45) is 5.73 Å². The van der Waals surface area contributed by atoms with Gasteiger partial charge in [0.1, 0.15) is 16.2 Å². The number of aliphatic carboxylic acids is 1. The second-order valence-electron chi connectivity index (χ2n) is 3.93.